The largest absolute Gasteiger partial charge is 0.487 e. The third-order valence-electron chi connectivity index (χ3n) is 3.23. The van der Waals surface area contributed by atoms with Crippen LogP contribution >= 0.6 is 0 Å². The molecule has 1 saturated heterocycles. The molecule has 1 heterocycles. The van der Waals surface area contributed by atoms with Crippen LogP contribution in [0, 0.1) is 5.82 Å². The van der Waals surface area contributed by atoms with E-state index < -0.39 is 28.0 Å². The van der Waals surface area contributed by atoms with Crippen LogP contribution in [-0.4, -0.2) is 49.4 Å². The van der Waals surface area contributed by atoms with Gasteiger partial charge in [-0.1, -0.05) is 0 Å². The standard InChI is InChI=1S/C12H17FN2O4S/c1-20(17,18)15-6-10(5-9(15)7-16)19-12-4-8(13)2-3-11(12)14/h2-4,9-10,16H,5-7,14H2,1H3/t9-,10-/m0/s1. The van der Waals surface area contributed by atoms with E-state index in [2.05, 4.69) is 0 Å². The molecular weight excluding hydrogens is 287 g/mol. The van der Waals surface area contributed by atoms with Crippen LogP contribution in [-0.2, 0) is 10.0 Å². The van der Waals surface area contributed by atoms with Crippen molar-refractivity contribution in [3.63, 3.8) is 0 Å². The van der Waals surface area contributed by atoms with Gasteiger partial charge in [0.25, 0.3) is 0 Å². The zero-order valence-corrected chi connectivity index (χ0v) is 11.8. The summed E-state index contributed by atoms with van der Waals surface area (Å²) in [5.74, 6) is -0.298. The van der Waals surface area contributed by atoms with Crippen molar-refractivity contribution in [2.75, 3.05) is 25.1 Å². The van der Waals surface area contributed by atoms with Gasteiger partial charge in [0.15, 0.2) is 0 Å². The molecule has 2 atom stereocenters. The Balaban J connectivity index is 2.14. The average Bonchev–Trinajstić information content (AvgIpc) is 2.77. The molecule has 0 saturated carbocycles. The van der Waals surface area contributed by atoms with Gasteiger partial charge >= 0.3 is 0 Å². The number of ether oxygens (including phenoxy) is 1. The van der Waals surface area contributed by atoms with Gasteiger partial charge in [-0.15, -0.1) is 0 Å². The van der Waals surface area contributed by atoms with Crippen molar-refractivity contribution in [1.29, 1.82) is 0 Å². The molecule has 0 bridgehead atoms. The molecule has 3 N–H and O–H groups in total. The Morgan fingerprint density at radius 3 is 2.80 bits per heavy atom. The van der Waals surface area contributed by atoms with Gasteiger partial charge in [0, 0.05) is 12.5 Å². The van der Waals surface area contributed by atoms with E-state index in [9.17, 15) is 17.9 Å². The third kappa shape index (κ3) is 3.20. The number of hydrogen-bond acceptors (Lipinski definition) is 5. The smallest absolute Gasteiger partial charge is 0.211 e. The fraction of sp³-hybridized carbons (Fsp3) is 0.500. The number of rotatable bonds is 4. The van der Waals surface area contributed by atoms with Crippen LogP contribution in [0.15, 0.2) is 18.2 Å². The van der Waals surface area contributed by atoms with Gasteiger partial charge in [0.1, 0.15) is 17.7 Å². The summed E-state index contributed by atoms with van der Waals surface area (Å²) in [6.07, 6.45) is 0.944. The lowest BCUT2D eigenvalue weighted by Crippen LogP contribution is -2.37. The zero-order valence-electron chi connectivity index (χ0n) is 11.0. The minimum Gasteiger partial charge on any atom is -0.487 e. The summed E-state index contributed by atoms with van der Waals surface area (Å²) in [6, 6.07) is 3.24. The number of sulfonamides is 1. The summed E-state index contributed by atoms with van der Waals surface area (Å²) in [6.45, 7) is -0.175. The van der Waals surface area contributed by atoms with E-state index in [4.69, 9.17) is 10.5 Å². The van der Waals surface area contributed by atoms with Crippen LogP contribution in [0.25, 0.3) is 0 Å². The summed E-state index contributed by atoms with van der Waals surface area (Å²) < 4.78 is 43.1. The lowest BCUT2D eigenvalue weighted by atomic mass is 10.2. The molecule has 0 radical (unpaired) electrons. The van der Waals surface area contributed by atoms with Crippen molar-refractivity contribution >= 4 is 15.7 Å². The SMILES string of the molecule is CS(=O)(=O)N1C[C@@H](Oc2cc(F)ccc2N)C[C@H]1CO. The Labute approximate surface area is 117 Å². The zero-order chi connectivity index (χ0) is 14.9. The van der Waals surface area contributed by atoms with Crippen molar-refractivity contribution in [1.82, 2.24) is 4.31 Å². The van der Waals surface area contributed by atoms with E-state index in [1.54, 1.807) is 0 Å². The average molecular weight is 304 g/mol. The Hall–Kier alpha value is -1.38. The first-order valence-corrected chi connectivity index (χ1v) is 7.95. The minimum atomic E-state index is -3.42. The van der Waals surface area contributed by atoms with Crippen LogP contribution in [0.4, 0.5) is 10.1 Å². The lowest BCUT2D eigenvalue weighted by Gasteiger charge is -2.19. The van der Waals surface area contributed by atoms with E-state index in [0.29, 0.717) is 6.42 Å². The third-order valence-corrected chi connectivity index (χ3v) is 4.53. The number of hydrogen-bond donors (Lipinski definition) is 2. The summed E-state index contributed by atoms with van der Waals surface area (Å²) >= 11 is 0. The maximum absolute atomic E-state index is 13.1. The van der Waals surface area contributed by atoms with Gasteiger partial charge < -0.3 is 15.6 Å². The van der Waals surface area contributed by atoms with Crippen LogP contribution in [0.1, 0.15) is 6.42 Å². The van der Waals surface area contributed by atoms with Crippen molar-refractivity contribution in [2.24, 2.45) is 0 Å². The van der Waals surface area contributed by atoms with Crippen molar-refractivity contribution in [2.45, 2.75) is 18.6 Å². The highest BCUT2D eigenvalue weighted by Crippen LogP contribution is 2.28. The minimum absolute atomic E-state index is 0.111. The molecular formula is C12H17FN2O4S. The van der Waals surface area contributed by atoms with Gasteiger partial charge in [0.05, 0.1) is 31.1 Å². The van der Waals surface area contributed by atoms with E-state index >= 15 is 0 Å². The molecule has 8 heteroatoms. The van der Waals surface area contributed by atoms with Gasteiger partial charge in [-0.25, -0.2) is 12.8 Å². The van der Waals surface area contributed by atoms with Crippen LogP contribution < -0.4 is 10.5 Å². The fourth-order valence-electron chi connectivity index (χ4n) is 2.29. The molecule has 0 aromatic heterocycles. The fourth-order valence-corrected chi connectivity index (χ4v) is 3.42. The quantitative estimate of drug-likeness (QED) is 0.774. The Bertz CT molecular complexity index is 593. The molecule has 1 aliphatic rings. The summed E-state index contributed by atoms with van der Waals surface area (Å²) in [7, 11) is -3.42. The van der Waals surface area contributed by atoms with E-state index in [1.165, 1.54) is 16.4 Å². The van der Waals surface area contributed by atoms with Gasteiger partial charge in [-0.05, 0) is 12.1 Å². The summed E-state index contributed by atoms with van der Waals surface area (Å²) in [4.78, 5) is 0. The first kappa shape index (κ1) is 15.0. The van der Waals surface area contributed by atoms with Crippen molar-refractivity contribution in [3.8, 4) is 5.75 Å². The molecule has 0 amide bonds. The Morgan fingerprint density at radius 1 is 1.55 bits per heavy atom. The molecule has 2 rings (SSSR count). The first-order valence-electron chi connectivity index (χ1n) is 6.10. The Morgan fingerprint density at radius 2 is 2.25 bits per heavy atom. The first-order chi connectivity index (χ1) is 9.31. The van der Waals surface area contributed by atoms with E-state index in [-0.39, 0.29) is 24.6 Å². The summed E-state index contributed by atoms with van der Waals surface area (Å²) in [5.41, 5.74) is 5.96. The monoisotopic (exact) mass is 304 g/mol. The maximum Gasteiger partial charge on any atom is 0.211 e. The second kappa shape index (κ2) is 5.55. The number of nitrogen functional groups attached to an aromatic ring is 1. The number of benzene rings is 1. The van der Waals surface area contributed by atoms with Crippen molar-refractivity contribution < 1.29 is 22.7 Å². The van der Waals surface area contributed by atoms with Crippen LogP contribution in [0.5, 0.6) is 5.75 Å². The Kier molecular flexibility index (Phi) is 4.17. The predicted octanol–water partition coefficient (Wildman–Crippen LogP) is 0.181. The molecule has 0 unspecified atom stereocenters. The highest BCUT2D eigenvalue weighted by molar-refractivity contribution is 7.88. The molecule has 0 aliphatic carbocycles. The second-order valence-electron chi connectivity index (χ2n) is 4.83. The molecule has 0 spiro atoms. The number of halogens is 1. The predicted molar refractivity (Wildman–Crippen MR) is 72.3 cm³/mol. The van der Waals surface area contributed by atoms with Gasteiger partial charge in [0.2, 0.25) is 10.0 Å². The number of aliphatic hydroxyl groups excluding tert-OH is 1. The normalized spacial score (nSPS) is 23.9. The number of nitrogens with two attached hydrogens (primary N) is 1. The van der Waals surface area contributed by atoms with Gasteiger partial charge in [-0.3, -0.25) is 0 Å². The highest BCUT2D eigenvalue weighted by Gasteiger charge is 2.38. The van der Waals surface area contributed by atoms with Crippen LogP contribution in [0.3, 0.4) is 0 Å². The molecule has 1 aromatic carbocycles. The van der Waals surface area contributed by atoms with Gasteiger partial charge in [-0.2, -0.15) is 4.31 Å². The summed E-state index contributed by atoms with van der Waals surface area (Å²) in [5, 5.41) is 9.24. The molecule has 112 valence electrons. The topological polar surface area (TPSA) is 92.9 Å². The number of aliphatic hydroxyl groups is 1. The van der Waals surface area contributed by atoms with E-state index in [0.717, 1.165) is 12.3 Å². The lowest BCUT2D eigenvalue weighted by molar-refractivity contribution is 0.204. The molecule has 6 nitrogen and oxygen atoms in total. The molecule has 1 aromatic rings. The second-order valence-corrected chi connectivity index (χ2v) is 6.76. The molecule has 1 fully saturated rings. The maximum atomic E-state index is 13.1. The van der Waals surface area contributed by atoms with E-state index in [1.807, 2.05) is 0 Å². The molecule has 1 aliphatic heterocycles. The highest BCUT2D eigenvalue weighted by atomic mass is 32.2. The number of nitrogens with zero attached hydrogens (tertiary/aromatic N) is 1. The number of anilines is 1. The van der Waals surface area contributed by atoms with Crippen LogP contribution in [0.2, 0.25) is 0 Å². The molecule has 20 heavy (non-hydrogen) atoms. The van der Waals surface area contributed by atoms with Crippen molar-refractivity contribution in [3.05, 3.63) is 24.0 Å².